The van der Waals surface area contributed by atoms with Crippen LogP contribution in [0.2, 0.25) is 0 Å². The lowest BCUT2D eigenvalue weighted by molar-refractivity contribution is 0.0741. The summed E-state index contributed by atoms with van der Waals surface area (Å²) in [5.74, 6) is 0.0218. The second-order valence-electron chi connectivity index (χ2n) is 4.89. The van der Waals surface area contributed by atoms with Crippen molar-refractivity contribution in [3.8, 4) is 0 Å². The van der Waals surface area contributed by atoms with Crippen molar-refractivity contribution in [3.05, 3.63) is 11.9 Å². The Morgan fingerprint density at radius 1 is 1.53 bits per heavy atom. The smallest absolute Gasteiger partial charge is 0.276 e. The first-order valence-corrected chi connectivity index (χ1v) is 6.19. The van der Waals surface area contributed by atoms with Gasteiger partial charge in [-0.1, -0.05) is 5.21 Å². The minimum atomic E-state index is 0.0218. The molecule has 3 heterocycles. The van der Waals surface area contributed by atoms with Crippen LogP contribution in [0, 0.1) is 0 Å². The van der Waals surface area contributed by atoms with Crippen molar-refractivity contribution in [2.75, 3.05) is 19.6 Å². The van der Waals surface area contributed by atoms with E-state index >= 15 is 0 Å². The number of nitrogens with zero attached hydrogens (tertiary/aromatic N) is 4. The lowest BCUT2D eigenvalue weighted by atomic mass is 10.2. The number of hydrogen-bond acceptors (Lipinski definition) is 4. The van der Waals surface area contributed by atoms with Gasteiger partial charge in [0, 0.05) is 25.7 Å². The van der Waals surface area contributed by atoms with Gasteiger partial charge in [-0.15, -0.1) is 5.10 Å². The van der Waals surface area contributed by atoms with Crippen LogP contribution in [0.15, 0.2) is 6.20 Å². The summed E-state index contributed by atoms with van der Waals surface area (Å²) in [6.45, 7) is 4.76. The highest BCUT2D eigenvalue weighted by Crippen LogP contribution is 2.19. The van der Waals surface area contributed by atoms with Crippen LogP contribution in [-0.2, 0) is 0 Å². The molecular weight excluding hydrogens is 218 g/mol. The normalized spacial score (nSPS) is 25.0. The maximum Gasteiger partial charge on any atom is 0.276 e. The molecule has 0 saturated carbocycles. The maximum atomic E-state index is 12.2. The first-order chi connectivity index (χ1) is 8.25. The number of nitrogens with one attached hydrogen (secondary N) is 1. The number of likely N-dealkylation sites (tertiary alicyclic amines) is 1. The van der Waals surface area contributed by atoms with E-state index in [2.05, 4.69) is 22.6 Å². The Bertz CT molecular complexity index is 425. The minimum Gasteiger partial charge on any atom is -0.334 e. The van der Waals surface area contributed by atoms with Crippen molar-refractivity contribution in [2.45, 2.75) is 31.8 Å². The molecule has 92 valence electrons. The SMILES string of the molecule is CC1CCCN1C(=O)c1cn(C2CNC2)nn1. The van der Waals surface area contributed by atoms with E-state index in [-0.39, 0.29) is 5.91 Å². The van der Waals surface area contributed by atoms with Gasteiger partial charge in [-0.3, -0.25) is 4.79 Å². The predicted octanol–water partition coefficient (Wildman–Crippen LogP) is 0.0469. The summed E-state index contributed by atoms with van der Waals surface area (Å²) in [4.78, 5) is 14.1. The minimum absolute atomic E-state index is 0.0218. The molecule has 0 radical (unpaired) electrons. The van der Waals surface area contributed by atoms with Crippen molar-refractivity contribution in [1.82, 2.24) is 25.2 Å². The Morgan fingerprint density at radius 3 is 2.94 bits per heavy atom. The second-order valence-corrected chi connectivity index (χ2v) is 4.89. The molecule has 0 aliphatic carbocycles. The van der Waals surface area contributed by atoms with Crippen LogP contribution in [0.3, 0.4) is 0 Å². The highest BCUT2D eigenvalue weighted by atomic mass is 16.2. The van der Waals surface area contributed by atoms with Gasteiger partial charge in [-0.05, 0) is 19.8 Å². The Hall–Kier alpha value is -1.43. The summed E-state index contributed by atoms with van der Waals surface area (Å²) in [6.07, 6.45) is 3.96. The first kappa shape index (κ1) is 10.7. The average Bonchev–Trinajstić information content (AvgIpc) is 2.84. The fourth-order valence-corrected chi connectivity index (χ4v) is 2.40. The fourth-order valence-electron chi connectivity index (χ4n) is 2.40. The molecule has 1 atom stereocenters. The molecule has 2 aliphatic rings. The maximum absolute atomic E-state index is 12.2. The third-order valence-corrected chi connectivity index (χ3v) is 3.68. The van der Waals surface area contributed by atoms with E-state index in [1.54, 1.807) is 10.9 Å². The molecule has 0 spiro atoms. The number of rotatable bonds is 2. The predicted molar refractivity (Wildman–Crippen MR) is 61.7 cm³/mol. The van der Waals surface area contributed by atoms with Crippen LogP contribution in [0.5, 0.6) is 0 Å². The van der Waals surface area contributed by atoms with Gasteiger partial charge < -0.3 is 10.2 Å². The van der Waals surface area contributed by atoms with Gasteiger partial charge in [-0.25, -0.2) is 4.68 Å². The number of hydrogen-bond donors (Lipinski definition) is 1. The number of carbonyl (C=O) groups is 1. The molecule has 1 amide bonds. The van der Waals surface area contributed by atoms with Crippen molar-refractivity contribution >= 4 is 5.91 Å². The number of amides is 1. The van der Waals surface area contributed by atoms with Crippen LogP contribution in [0.25, 0.3) is 0 Å². The van der Waals surface area contributed by atoms with Gasteiger partial charge in [-0.2, -0.15) is 0 Å². The van der Waals surface area contributed by atoms with E-state index < -0.39 is 0 Å². The Labute approximate surface area is 100.0 Å². The van der Waals surface area contributed by atoms with E-state index in [4.69, 9.17) is 0 Å². The highest BCUT2D eigenvalue weighted by Gasteiger charge is 2.29. The summed E-state index contributed by atoms with van der Waals surface area (Å²) < 4.78 is 1.80. The zero-order valence-corrected chi connectivity index (χ0v) is 9.96. The third kappa shape index (κ3) is 1.82. The van der Waals surface area contributed by atoms with Gasteiger partial charge in [0.2, 0.25) is 0 Å². The molecule has 1 unspecified atom stereocenters. The molecule has 0 bridgehead atoms. The summed E-state index contributed by atoms with van der Waals surface area (Å²) in [6, 6.07) is 0.693. The molecule has 0 aromatic carbocycles. The molecule has 17 heavy (non-hydrogen) atoms. The molecule has 6 heteroatoms. The number of carbonyl (C=O) groups excluding carboxylic acids is 1. The van der Waals surface area contributed by atoms with Crippen molar-refractivity contribution in [2.24, 2.45) is 0 Å². The highest BCUT2D eigenvalue weighted by molar-refractivity contribution is 5.92. The molecule has 2 aliphatic heterocycles. The lowest BCUT2D eigenvalue weighted by Gasteiger charge is -2.26. The monoisotopic (exact) mass is 235 g/mol. The standard InChI is InChI=1S/C11H17N5O/c1-8-3-2-4-15(8)11(17)10-7-16(14-13-10)9-5-12-6-9/h7-9,12H,2-6H2,1H3. The zero-order valence-electron chi connectivity index (χ0n) is 9.96. The topological polar surface area (TPSA) is 63.1 Å². The van der Waals surface area contributed by atoms with Gasteiger partial charge in [0.05, 0.1) is 12.2 Å². The van der Waals surface area contributed by atoms with E-state index in [0.717, 1.165) is 32.5 Å². The van der Waals surface area contributed by atoms with E-state index in [1.807, 2.05) is 4.90 Å². The van der Waals surface area contributed by atoms with Gasteiger partial charge in [0.1, 0.15) is 0 Å². The number of aromatic nitrogens is 3. The van der Waals surface area contributed by atoms with Crippen LogP contribution in [0.1, 0.15) is 36.3 Å². The van der Waals surface area contributed by atoms with Crippen molar-refractivity contribution in [3.63, 3.8) is 0 Å². The van der Waals surface area contributed by atoms with Crippen LogP contribution < -0.4 is 5.32 Å². The Balaban J connectivity index is 1.74. The van der Waals surface area contributed by atoms with Gasteiger partial charge >= 0.3 is 0 Å². The lowest BCUT2D eigenvalue weighted by Crippen LogP contribution is -2.43. The Kier molecular flexibility index (Phi) is 2.58. The van der Waals surface area contributed by atoms with Crippen molar-refractivity contribution in [1.29, 1.82) is 0 Å². The first-order valence-electron chi connectivity index (χ1n) is 6.19. The van der Waals surface area contributed by atoms with Crippen LogP contribution in [0.4, 0.5) is 0 Å². The molecule has 6 nitrogen and oxygen atoms in total. The van der Waals surface area contributed by atoms with Gasteiger partial charge in [0.15, 0.2) is 5.69 Å². The van der Waals surface area contributed by atoms with Crippen LogP contribution >= 0.6 is 0 Å². The van der Waals surface area contributed by atoms with Crippen LogP contribution in [-0.4, -0.2) is 51.5 Å². The second kappa shape index (κ2) is 4.10. The quantitative estimate of drug-likeness (QED) is 0.786. The molecule has 2 saturated heterocycles. The molecule has 1 aromatic rings. The molecule has 2 fully saturated rings. The van der Waals surface area contributed by atoms with Crippen molar-refractivity contribution < 1.29 is 4.79 Å². The summed E-state index contributed by atoms with van der Waals surface area (Å²) in [5, 5.41) is 11.2. The Morgan fingerprint density at radius 2 is 2.35 bits per heavy atom. The molecular formula is C11H17N5O. The van der Waals surface area contributed by atoms with E-state index in [1.165, 1.54) is 0 Å². The summed E-state index contributed by atoms with van der Waals surface area (Å²) >= 11 is 0. The third-order valence-electron chi connectivity index (χ3n) is 3.68. The molecule has 1 N–H and O–H groups in total. The molecule has 3 rings (SSSR count). The van der Waals surface area contributed by atoms with E-state index in [0.29, 0.717) is 17.8 Å². The van der Waals surface area contributed by atoms with E-state index in [9.17, 15) is 4.79 Å². The average molecular weight is 235 g/mol. The summed E-state index contributed by atoms with van der Waals surface area (Å²) in [5.41, 5.74) is 0.477. The summed E-state index contributed by atoms with van der Waals surface area (Å²) in [7, 11) is 0. The molecule has 1 aromatic heterocycles. The zero-order chi connectivity index (χ0) is 11.8. The van der Waals surface area contributed by atoms with Gasteiger partial charge in [0.25, 0.3) is 5.91 Å². The largest absolute Gasteiger partial charge is 0.334 e. The fraction of sp³-hybridized carbons (Fsp3) is 0.727.